The topological polar surface area (TPSA) is 86.1 Å². The van der Waals surface area contributed by atoms with Crippen LogP contribution in [-0.2, 0) is 17.6 Å². The van der Waals surface area contributed by atoms with Crippen LogP contribution in [-0.4, -0.2) is 39.9 Å². The van der Waals surface area contributed by atoms with Gasteiger partial charge in [0.05, 0.1) is 24.9 Å². The molecule has 2 aliphatic rings. The fourth-order valence-electron chi connectivity index (χ4n) is 4.11. The quantitative estimate of drug-likeness (QED) is 0.751. The van der Waals surface area contributed by atoms with Gasteiger partial charge in [0.25, 0.3) is 11.5 Å². The van der Waals surface area contributed by atoms with Crippen LogP contribution in [0.2, 0.25) is 0 Å². The lowest BCUT2D eigenvalue weighted by molar-refractivity contribution is 0.0921. The zero-order valence-electron chi connectivity index (χ0n) is 15.3. The number of benzene rings is 1. The number of ether oxygens (including phenoxy) is 1. The van der Waals surface area contributed by atoms with E-state index in [1.54, 1.807) is 12.3 Å². The van der Waals surface area contributed by atoms with Crippen LogP contribution >= 0.6 is 0 Å². The highest BCUT2D eigenvalue weighted by atomic mass is 16.5. The summed E-state index contributed by atoms with van der Waals surface area (Å²) in [4.78, 5) is 29.8. The zero-order valence-corrected chi connectivity index (χ0v) is 15.3. The summed E-state index contributed by atoms with van der Waals surface area (Å²) in [7, 11) is 0. The Morgan fingerprint density at radius 1 is 1.18 bits per heavy atom. The molecule has 142 valence electrons. The van der Waals surface area contributed by atoms with Crippen molar-refractivity contribution >= 4 is 16.7 Å². The van der Waals surface area contributed by atoms with Crippen LogP contribution in [0.5, 0.6) is 0 Å². The molecule has 0 saturated carbocycles. The Labute approximate surface area is 161 Å². The first kappa shape index (κ1) is 17.1. The van der Waals surface area contributed by atoms with Gasteiger partial charge in [-0.1, -0.05) is 24.3 Å². The lowest BCUT2D eigenvalue weighted by Gasteiger charge is -2.21. The van der Waals surface area contributed by atoms with Crippen molar-refractivity contribution in [2.75, 3.05) is 13.2 Å². The van der Waals surface area contributed by atoms with Crippen LogP contribution in [0.25, 0.3) is 10.8 Å². The first-order valence-corrected chi connectivity index (χ1v) is 9.55. The molecule has 2 unspecified atom stereocenters. The molecule has 7 nitrogen and oxygen atoms in total. The van der Waals surface area contributed by atoms with Gasteiger partial charge in [0.2, 0.25) is 0 Å². The average Bonchev–Trinajstić information content (AvgIpc) is 3.35. The van der Waals surface area contributed by atoms with Crippen LogP contribution in [0.1, 0.15) is 34.2 Å². The summed E-state index contributed by atoms with van der Waals surface area (Å²) < 4.78 is 7.07. The van der Waals surface area contributed by atoms with E-state index in [0.29, 0.717) is 18.9 Å². The number of aromatic nitrogens is 3. The lowest BCUT2D eigenvalue weighted by atomic mass is 10.1. The highest BCUT2D eigenvalue weighted by Crippen LogP contribution is 2.22. The van der Waals surface area contributed by atoms with E-state index in [9.17, 15) is 9.59 Å². The third-order valence-electron chi connectivity index (χ3n) is 5.55. The maximum Gasteiger partial charge on any atom is 0.270 e. The van der Waals surface area contributed by atoms with E-state index < -0.39 is 0 Å². The summed E-state index contributed by atoms with van der Waals surface area (Å²) >= 11 is 0. The monoisotopic (exact) mass is 376 g/mol. The Bertz CT molecular complexity index is 1120. The molecule has 0 bridgehead atoms. The van der Waals surface area contributed by atoms with Crippen LogP contribution < -0.4 is 10.9 Å². The number of hydrogen-bond acceptors (Lipinski definition) is 5. The Morgan fingerprint density at radius 3 is 3.00 bits per heavy atom. The SMILES string of the molecule is O=C(NC1COCC1n1nc2c(cc1=O)CCC2)c1nccc2ccccc12. The van der Waals surface area contributed by atoms with Crippen molar-refractivity contribution in [1.82, 2.24) is 20.1 Å². The molecule has 1 aliphatic carbocycles. The van der Waals surface area contributed by atoms with Gasteiger partial charge in [0.1, 0.15) is 11.7 Å². The van der Waals surface area contributed by atoms with Gasteiger partial charge >= 0.3 is 0 Å². The van der Waals surface area contributed by atoms with Crippen LogP contribution in [0.15, 0.2) is 47.4 Å². The third-order valence-corrected chi connectivity index (χ3v) is 5.55. The fourth-order valence-corrected chi connectivity index (χ4v) is 4.11. The molecule has 1 amide bonds. The summed E-state index contributed by atoms with van der Waals surface area (Å²) in [5.74, 6) is -0.272. The van der Waals surface area contributed by atoms with Gasteiger partial charge < -0.3 is 10.1 Å². The minimum absolute atomic E-state index is 0.140. The number of hydrogen-bond donors (Lipinski definition) is 1. The fraction of sp³-hybridized carbons (Fsp3) is 0.333. The maximum absolute atomic E-state index is 12.9. The Hall–Kier alpha value is -3.06. The molecule has 28 heavy (non-hydrogen) atoms. The van der Waals surface area contributed by atoms with Crippen molar-refractivity contribution in [3.63, 3.8) is 0 Å². The highest BCUT2D eigenvalue weighted by molar-refractivity contribution is 6.05. The van der Waals surface area contributed by atoms with E-state index in [1.165, 1.54) is 4.68 Å². The Morgan fingerprint density at radius 2 is 2.07 bits per heavy atom. The van der Waals surface area contributed by atoms with Crippen LogP contribution in [0.3, 0.4) is 0 Å². The van der Waals surface area contributed by atoms with Gasteiger partial charge in [0, 0.05) is 17.6 Å². The zero-order chi connectivity index (χ0) is 19.1. The highest BCUT2D eigenvalue weighted by Gasteiger charge is 2.34. The number of carbonyl (C=O) groups is 1. The van der Waals surface area contributed by atoms with Gasteiger partial charge in [-0.15, -0.1) is 0 Å². The van der Waals surface area contributed by atoms with E-state index in [2.05, 4.69) is 15.4 Å². The molecule has 3 heterocycles. The average molecular weight is 376 g/mol. The number of amides is 1. The maximum atomic E-state index is 12.9. The molecule has 2 aromatic heterocycles. The third kappa shape index (κ3) is 2.88. The first-order valence-electron chi connectivity index (χ1n) is 9.55. The predicted octanol–water partition coefficient (Wildman–Crippen LogP) is 1.65. The molecule has 1 aromatic carbocycles. The number of nitrogens with one attached hydrogen (secondary N) is 1. The summed E-state index contributed by atoms with van der Waals surface area (Å²) in [6, 6.07) is 10.5. The second-order valence-corrected chi connectivity index (χ2v) is 7.32. The predicted molar refractivity (Wildman–Crippen MR) is 103 cm³/mol. The van der Waals surface area contributed by atoms with E-state index in [-0.39, 0.29) is 23.6 Å². The molecule has 5 rings (SSSR count). The molecule has 7 heteroatoms. The smallest absolute Gasteiger partial charge is 0.270 e. The molecular weight excluding hydrogens is 356 g/mol. The number of carbonyl (C=O) groups excluding carboxylic acids is 1. The number of fused-ring (bicyclic) bond motifs is 2. The normalized spacial score (nSPS) is 21.0. The standard InChI is InChI=1S/C21H20N4O3/c26-19-10-14-5-3-7-16(14)24-25(19)18-12-28-11-17(18)23-21(27)20-15-6-2-1-4-13(15)8-9-22-20/h1-2,4,6,8-10,17-18H,3,5,7,11-12H2,(H,23,27). The molecule has 1 saturated heterocycles. The number of aryl methyl sites for hydroxylation is 2. The number of pyridine rings is 1. The summed E-state index contributed by atoms with van der Waals surface area (Å²) in [5, 5.41) is 9.33. The molecule has 0 spiro atoms. The van der Waals surface area contributed by atoms with Crippen molar-refractivity contribution in [2.45, 2.75) is 31.3 Å². The minimum Gasteiger partial charge on any atom is -0.377 e. The van der Waals surface area contributed by atoms with E-state index in [0.717, 1.165) is 41.3 Å². The van der Waals surface area contributed by atoms with E-state index >= 15 is 0 Å². The van der Waals surface area contributed by atoms with E-state index in [4.69, 9.17) is 4.74 Å². The molecule has 1 fully saturated rings. The molecular formula is C21H20N4O3. The van der Waals surface area contributed by atoms with Gasteiger partial charge in [-0.2, -0.15) is 5.10 Å². The van der Waals surface area contributed by atoms with Gasteiger partial charge in [0.15, 0.2) is 0 Å². The van der Waals surface area contributed by atoms with Crippen LogP contribution in [0.4, 0.5) is 0 Å². The Balaban J connectivity index is 1.43. The second kappa shape index (κ2) is 6.83. The van der Waals surface area contributed by atoms with Crippen molar-refractivity contribution < 1.29 is 9.53 Å². The summed E-state index contributed by atoms with van der Waals surface area (Å²) in [5.41, 5.74) is 2.25. The summed E-state index contributed by atoms with van der Waals surface area (Å²) in [6.07, 6.45) is 4.46. The lowest BCUT2D eigenvalue weighted by Crippen LogP contribution is -2.44. The van der Waals surface area contributed by atoms with Crippen molar-refractivity contribution in [1.29, 1.82) is 0 Å². The second-order valence-electron chi connectivity index (χ2n) is 7.32. The molecule has 2 atom stereocenters. The molecule has 3 aromatic rings. The molecule has 0 radical (unpaired) electrons. The van der Waals surface area contributed by atoms with Crippen molar-refractivity contribution in [2.24, 2.45) is 0 Å². The first-order chi connectivity index (χ1) is 13.7. The molecule has 1 aliphatic heterocycles. The van der Waals surface area contributed by atoms with Crippen LogP contribution in [0, 0.1) is 0 Å². The van der Waals surface area contributed by atoms with Gasteiger partial charge in [-0.05, 0) is 36.3 Å². The van der Waals surface area contributed by atoms with Crippen molar-refractivity contribution in [3.05, 3.63) is 69.9 Å². The van der Waals surface area contributed by atoms with Crippen molar-refractivity contribution in [3.8, 4) is 0 Å². The largest absolute Gasteiger partial charge is 0.377 e. The number of rotatable bonds is 3. The van der Waals surface area contributed by atoms with Gasteiger partial charge in [-0.3, -0.25) is 14.6 Å². The number of nitrogens with zero attached hydrogens (tertiary/aromatic N) is 3. The minimum atomic E-state index is -0.335. The van der Waals surface area contributed by atoms with Gasteiger partial charge in [-0.25, -0.2) is 4.68 Å². The molecule has 1 N–H and O–H groups in total. The van der Waals surface area contributed by atoms with E-state index in [1.807, 2.05) is 30.3 Å². The summed E-state index contributed by atoms with van der Waals surface area (Å²) in [6.45, 7) is 0.686. The Kier molecular flexibility index (Phi) is 4.16.